The van der Waals surface area contributed by atoms with Crippen molar-refractivity contribution in [2.24, 2.45) is 20.0 Å². The van der Waals surface area contributed by atoms with E-state index in [-0.39, 0.29) is 17.9 Å². The monoisotopic (exact) mass is 547 g/mol. The largest absolute Gasteiger partial charge is 0.462 e. The van der Waals surface area contributed by atoms with Crippen LogP contribution in [0.25, 0.3) is 5.57 Å². The number of fused-ring (bicyclic) bond motifs is 1. The molecule has 1 aliphatic heterocycles. The van der Waals surface area contributed by atoms with Crippen molar-refractivity contribution in [3.63, 3.8) is 0 Å². The van der Waals surface area contributed by atoms with E-state index in [9.17, 15) is 13.2 Å². The van der Waals surface area contributed by atoms with Gasteiger partial charge in [0.25, 0.3) is 0 Å². The van der Waals surface area contributed by atoms with E-state index < -0.39 is 17.3 Å². The molecule has 0 amide bonds. The summed E-state index contributed by atoms with van der Waals surface area (Å²) in [5, 5.41) is 0. The van der Waals surface area contributed by atoms with Gasteiger partial charge in [-0.1, -0.05) is 48.2 Å². The molecule has 1 fully saturated rings. The second-order valence-electron chi connectivity index (χ2n) is 11.1. The van der Waals surface area contributed by atoms with Crippen LogP contribution in [0.4, 0.5) is 0 Å². The summed E-state index contributed by atoms with van der Waals surface area (Å²) < 4.78 is 39.5. The molecular weight excluding hydrogens is 509 g/mol. The van der Waals surface area contributed by atoms with Crippen LogP contribution in [0.2, 0.25) is 0 Å². The molecule has 1 saturated carbocycles. The molecule has 2 unspecified atom stereocenters. The number of hydrogen-bond donors (Lipinski definition) is 0. The molecule has 0 saturated heterocycles. The number of esters is 1. The van der Waals surface area contributed by atoms with E-state index >= 15 is 0 Å². The van der Waals surface area contributed by atoms with Gasteiger partial charge in [-0.15, -0.1) is 0 Å². The average molecular weight is 548 g/mol. The maximum absolute atomic E-state index is 14.1. The van der Waals surface area contributed by atoms with Gasteiger partial charge in [-0.25, -0.2) is 18.7 Å². The molecule has 2 aromatic carbocycles. The fourth-order valence-electron chi connectivity index (χ4n) is 6.62. The lowest BCUT2D eigenvalue weighted by atomic mass is 9.60. The van der Waals surface area contributed by atoms with Crippen LogP contribution in [-0.2, 0) is 28.9 Å². The Labute approximate surface area is 232 Å². The van der Waals surface area contributed by atoms with Gasteiger partial charge in [0.1, 0.15) is 19.7 Å². The molecule has 1 aromatic heterocycles. The maximum atomic E-state index is 14.1. The number of sulfonamides is 1. The van der Waals surface area contributed by atoms with Gasteiger partial charge >= 0.3 is 5.97 Å². The SMILES string of the molecule is CCOC(=O)c1ccc(C2=C([BH2-]c3n(C)cc[n+]3C)CN(S(=O)(=O)c3ccc(C)cc3)C3CCCCC23)cc1. The minimum absolute atomic E-state index is 0.0812. The molecule has 39 heavy (non-hydrogen) atoms. The zero-order chi connectivity index (χ0) is 27.7. The molecule has 3 aromatic rings. The Bertz CT molecular complexity index is 1470. The van der Waals surface area contributed by atoms with Gasteiger partial charge in [0.2, 0.25) is 10.0 Å². The number of rotatable bonds is 7. The number of benzene rings is 2. The van der Waals surface area contributed by atoms with Gasteiger partial charge in [-0.2, -0.15) is 4.31 Å². The lowest BCUT2D eigenvalue weighted by Crippen LogP contribution is -2.55. The summed E-state index contributed by atoms with van der Waals surface area (Å²) in [6, 6.07) is 14.9. The third-order valence-corrected chi connectivity index (χ3v) is 10.6. The third-order valence-electron chi connectivity index (χ3n) is 8.72. The number of aromatic nitrogens is 2. The van der Waals surface area contributed by atoms with E-state index in [1.54, 1.807) is 23.4 Å². The standard InChI is InChI=1S/C30H38BN3O4S/c1-5-38-29(35)23-14-12-22(13-15-23)28-25-8-6-7-9-27(25)34(39(36,37)24-16-10-21(2)11-17-24)20-26(28)31-30-32(3)18-19-33(30)4/h10-19,25,27H,5-9,20,31H2,1-4H3. The first kappa shape index (κ1) is 27.4. The Balaban J connectivity index is 1.63. The number of ether oxygens (including phenoxy) is 1. The van der Waals surface area contributed by atoms with Crippen molar-refractivity contribution in [3.8, 4) is 0 Å². The van der Waals surface area contributed by atoms with Crippen LogP contribution in [0.5, 0.6) is 0 Å². The Morgan fingerprint density at radius 3 is 2.41 bits per heavy atom. The molecule has 0 bridgehead atoms. The summed E-state index contributed by atoms with van der Waals surface area (Å²) in [6.07, 6.45) is 8.02. The van der Waals surface area contributed by atoms with Crippen LogP contribution in [0, 0.1) is 12.8 Å². The summed E-state index contributed by atoms with van der Waals surface area (Å²) in [5.74, 6) is -0.206. The fourth-order valence-corrected chi connectivity index (χ4v) is 8.34. The van der Waals surface area contributed by atoms with Gasteiger partial charge in [-0.3, -0.25) is 9.13 Å². The minimum atomic E-state index is -3.67. The molecule has 2 atom stereocenters. The molecule has 2 heterocycles. The molecule has 5 rings (SSSR count). The first-order valence-electron chi connectivity index (χ1n) is 14.1. The van der Waals surface area contributed by atoms with Crippen LogP contribution < -0.4 is 10.3 Å². The molecule has 7 nitrogen and oxygen atoms in total. The lowest BCUT2D eigenvalue weighted by Gasteiger charge is -2.47. The van der Waals surface area contributed by atoms with Crippen LogP contribution in [0.1, 0.15) is 54.1 Å². The first-order chi connectivity index (χ1) is 18.7. The van der Waals surface area contributed by atoms with E-state index in [0.29, 0.717) is 23.6 Å². The zero-order valence-electron chi connectivity index (χ0n) is 23.6. The number of carbonyl (C=O) groups excluding carboxylic acids is 1. The lowest BCUT2D eigenvalue weighted by molar-refractivity contribution is -0.652. The highest BCUT2D eigenvalue weighted by molar-refractivity contribution is 7.89. The molecule has 2 aliphatic rings. The van der Waals surface area contributed by atoms with Crippen LogP contribution in [0.15, 0.2) is 71.3 Å². The van der Waals surface area contributed by atoms with Crippen LogP contribution in [-0.4, -0.2) is 49.7 Å². The normalized spacial score (nSPS) is 20.1. The molecule has 9 heteroatoms. The second-order valence-corrected chi connectivity index (χ2v) is 13.0. The average Bonchev–Trinajstić information content (AvgIpc) is 3.25. The van der Waals surface area contributed by atoms with E-state index in [1.807, 2.05) is 43.3 Å². The van der Waals surface area contributed by atoms with Crippen molar-refractivity contribution in [2.75, 3.05) is 13.2 Å². The Hall–Kier alpha value is -3.17. The second kappa shape index (κ2) is 11.1. The first-order valence-corrected chi connectivity index (χ1v) is 15.5. The highest BCUT2D eigenvalue weighted by Gasteiger charge is 2.42. The summed E-state index contributed by atoms with van der Waals surface area (Å²) in [6.45, 7) is 4.51. The van der Waals surface area contributed by atoms with Gasteiger partial charge in [0.05, 0.1) is 36.9 Å². The summed E-state index contributed by atoms with van der Waals surface area (Å²) in [4.78, 5) is 12.7. The van der Waals surface area contributed by atoms with Crippen molar-refractivity contribution in [1.82, 2.24) is 8.87 Å². The Morgan fingerprint density at radius 1 is 1.08 bits per heavy atom. The number of aryl methyl sites for hydroxylation is 3. The molecular formula is C30H38BN3O4S. The molecule has 0 spiro atoms. The van der Waals surface area contributed by atoms with Gasteiger partial charge in [0, 0.05) is 12.6 Å². The quantitative estimate of drug-likeness (QED) is 0.259. The van der Waals surface area contributed by atoms with Crippen molar-refractivity contribution < 1.29 is 22.5 Å². The van der Waals surface area contributed by atoms with E-state index in [2.05, 4.69) is 35.6 Å². The zero-order valence-corrected chi connectivity index (χ0v) is 24.4. The smallest absolute Gasteiger partial charge is 0.338 e. The number of carbonyl (C=O) groups is 1. The third kappa shape index (κ3) is 5.34. The van der Waals surface area contributed by atoms with Crippen molar-refractivity contribution in [3.05, 3.63) is 83.1 Å². The molecule has 0 N–H and O–H groups in total. The number of imidazole rings is 1. The molecule has 0 radical (unpaired) electrons. The summed E-state index contributed by atoms with van der Waals surface area (Å²) in [7, 11) is -0.403. The predicted octanol–water partition coefficient (Wildman–Crippen LogP) is 2.80. The summed E-state index contributed by atoms with van der Waals surface area (Å²) in [5.41, 5.74) is 6.41. The van der Waals surface area contributed by atoms with E-state index in [4.69, 9.17) is 4.74 Å². The maximum Gasteiger partial charge on any atom is 0.338 e. The van der Waals surface area contributed by atoms with E-state index in [0.717, 1.165) is 36.8 Å². The van der Waals surface area contributed by atoms with E-state index in [1.165, 1.54) is 16.8 Å². The Morgan fingerprint density at radius 2 is 1.77 bits per heavy atom. The van der Waals surface area contributed by atoms with Crippen LogP contribution in [0.3, 0.4) is 0 Å². The van der Waals surface area contributed by atoms with Crippen molar-refractivity contribution in [2.45, 2.75) is 50.5 Å². The molecule has 206 valence electrons. The summed E-state index contributed by atoms with van der Waals surface area (Å²) >= 11 is 0. The number of hydrogen-bond acceptors (Lipinski definition) is 4. The number of nitrogens with zero attached hydrogens (tertiary/aromatic N) is 3. The molecule has 1 aliphatic carbocycles. The highest BCUT2D eigenvalue weighted by atomic mass is 32.2. The Kier molecular flexibility index (Phi) is 7.83. The topological polar surface area (TPSA) is 72.5 Å². The predicted molar refractivity (Wildman–Crippen MR) is 155 cm³/mol. The van der Waals surface area contributed by atoms with Gasteiger partial charge < -0.3 is 4.74 Å². The van der Waals surface area contributed by atoms with Crippen LogP contribution >= 0.6 is 0 Å². The fraction of sp³-hybridized carbons (Fsp3) is 0.400. The van der Waals surface area contributed by atoms with Gasteiger partial charge in [-0.05, 0) is 62.4 Å². The van der Waals surface area contributed by atoms with Crippen molar-refractivity contribution in [1.29, 1.82) is 0 Å². The highest BCUT2D eigenvalue weighted by Crippen LogP contribution is 2.45. The van der Waals surface area contributed by atoms with Gasteiger partial charge in [0.15, 0.2) is 0 Å². The van der Waals surface area contributed by atoms with Crippen molar-refractivity contribution >= 4 is 34.6 Å². The minimum Gasteiger partial charge on any atom is -0.462 e.